The Kier molecular flexibility index (Phi) is 7.71. The number of amides is 1. The Balaban J connectivity index is 1.65. The summed E-state index contributed by atoms with van der Waals surface area (Å²) in [5.74, 6) is -0.0326. The van der Waals surface area contributed by atoms with Crippen LogP contribution in [-0.2, 0) is 11.3 Å². The molecule has 2 unspecified atom stereocenters. The standard InChI is InChI=1S/C27H32ClN3O3/c1-4-5-6-7-23-17-30(16-19-12-18(2)13-21(14-19)27(33)34-3)26(32)25-15-24(29-31(23)25)20-8-10-22(28)11-9-20/h8-15,23,27,33H,4-7,16-17H2,1-3H3. The van der Waals surface area contributed by atoms with Crippen LogP contribution in [0.3, 0.4) is 0 Å². The van der Waals surface area contributed by atoms with Crippen molar-refractivity contribution in [2.24, 2.45) is 0 Å². The van der Waals surface area contributed by atoms with Crippen molar-refractivity contribution < 1.29 is 14.6 Å². The second-order valence-electron chi connectivity index (χ2n) is 9.04. The van der Waals surface area contributed by atoms with Crippen molar-refractivity contribution in [2.75, 3.05) is 13.7 Å². The Morgan fingerprint density at radius 3 is 2.65 bits per heavy atom. The van der Waals surface area contributed by atoms with Crippen LogP contribution in [0.2, 0.25) is 5.02 Å². The second kappa shape index (κ2) is 10.7. The number of benzene rings is 2. The Morgan fingerprint density at radius 1 is 1.18 bits per heavy atom. The fourth-order valence-electron chi connectivity index (χ4n) is 4.64. The van der Waals surface area contributed by atoms with Crippen LogP contribution in [0.4, 0.5) is 0 Å². The number of halogens is 1. The largest absolute Gasteiger partial charge is 0.364 e. The van der Waals surface area contributed by atoms with Crippen molar-refractivity contribution in [1.82, 2.24) is 14.7 Å². The Labute approximate surface area is 206 Å². The van der Waals surface area contributed by atoms with E-state index in [0.29, 0.717) is 29.4 Å². The number of fused-ring (bicyclic) bond motifs is 1. The summed E-state index contributed by atoms with van der Waals surface area (Å²) in [4.78, 5) is 15.4. The summed E-state index contributed by atoms with van der Waals surface area (Å²) < 4.78 is 7.01. The number of hydrogen-bond acceptors (Lipinski definition) is 4. The molecule has 3 aromatic rings. The molecule has 0 aliphatic carbocycles. The number of rotatable bonds is 9. The maximum Gasteiger partial charge on any atom is 0.272 e. The van der Waals surface area contributed by atoms with Gasteiger partial charge in [0, 0.05) is 36.3 Å². The smallest absolute Gasteiger partial charge is 0.272 e. The number of nitrogens with zero attached hydrogens (tertiary/aromatic N) is 3. The van der Waals surface area contributed by atoms with Crippen molar-refractivity contribution in [3.05, 3.63) is 75.9 Å². The Morgan fingerprint density at radius 2 is 1.94 bits per heavy atom. The highest BCUT2D eigenvalue weighted by molar-refractivity contribution is 6.30. The molecule has 2 aromatic carbocycles. The van der Waals surface area contributed by atoms with Gasteiger partial charge in [0.2, 0.25) is 0 Å². The first-order valence-corrected chi connectivity index (χ1v) is 12.2. The zero-order chi connectivity index (χ0) is 24.2. The van der Waals surface area contributed by atoms with Crippen LogP contribution in [0.15, 0.2) is 48.5 Å². The van der Waals surface area contributed by atoms with Gasteiger partial charge >= 0.3 is 0 Å². The summed E-state index contributed by atoms with van der Waals surface area (Å²) in [6.45, 7) is 5.25. The molecule has 0 saturated carbocycles. The van der Waals surface area contributed by atoms with E-state index in [1.165, 1.54) is 7.11 Å². The van der Waals surface area contributed by atoms with E-state index in [4.69, 9.17) is 21.4 Å². The normalized spacial score (nSPS) is 16.6. The number of carbonyl (C=O) groups excluding carboxylic acids is 1. The molecule has 2 heterocycles. The third-order valence-electron chi connectivity index (χ3n) is 6.34. The molecule has 1 aliphatic heterocycles. The van der Waals surface area contributed by atoms with Crippen molar-refractivity contribution in [2.45, 2.75) is 58.4 Å². The average Bonchev–Trinajstić information content (AvgIpc) is 3.27. The van der Waals surface area contributed by atoms with Gasteiger partial charge in [-0.2, -0.15) is 5.10 Å². The van der Waals surface area contributed by atoms with E-state index in [1.54, 1.807) is 0 Å². The maximum absolute atomic E-state index is 13.5. The first-order valence-electron chi connectivity index (χ1n) is 11.9. The molecule has 6 nitrogen and oxygen atoms in total. The van der Waals surface area contributed by atoms with E-state index < -0.39 is 6.29 Å². The molecule has 0 bridgehead atoms. The number of aryl methyl sites for hydroxylation is 1. The zero-order valence-electron chi connectivity index (χ0n) is 20.0. The van der Waals surface area contributed by atoms with Gasteiger partial charge in [-0.05, 0) is 43.2 Å². The Hall–Kier alpha value is -2.67. The van der Waals surface area contributed by atoms with Gasteiger partial charge in [0.1, 0.15) is 5.69 Å². The minimum absolute atomic E-state index is 0.0326. The first kappa shape index (κ1) is 24.5. The number of ether oxygens (including phenoxy) is 1. The van der Waals surface area contributed by atoms with Crippen LogP contribution in [0.1, 0.15) is 72.1 Å². The predicted molar refractivity (Wildman–Crippen MR) is 134 cm³/mol. The van der Waals surface area contributed by atoms with Crippen molar-refractivity contribution in [3.8, 4) is 11.3 Å². The molecule has 180 valence electrons. The van der Waals surface area contributed by atoms with E-state index in [2.05, 4.69) is 13.0 Å². The third-order valence-corrected chi connectivity index (χ3v) is 6.59. The lowest BCUT2D eigenvalue weighted by atomic mass is 10.0. The minimum Gasteiger partial charge on any atom is -0.364 e. The fraction of sp³-hybridized carbons (Fsp3) is 0.407. The Bertz CT molecular complexity index is 1140. The van der Waals surface area contributed by atoms with Crippen molar-refractivity contribution >= 4 is 17.5 Å². The van der Waals surface area contributed by atoms with Crippen LogP contribution in [0, 0.1) is 6.92 Å². The van der Waals surface area contributed by atoms with E-state index in [9.17, 15) is 9.90 Å². The fourth-order valence-corrected chi connectivity index (χ4v) is 4.76. The molecule has 0 saturated heterocycles. The molecule has 2 atom stereocenters. The SMILES string of the molecule is CCCCCC1CN(Cc2cc(C)cc(C(O)OC)c2)C(=O)c2cc(-c3ccc(Cl)cc3)nn21. The lowest BCUT2D eigenvalue weighted by molar-refractivity contribution is -0.0770. The van der Waals surface area contributed by atoms with Gasteiger partial charge < -0.3 is 14.7 Å². The third kappa shape index (κ3) is 5.35. The first-order chi connectivity index (χ1) is 16.4. The highest BCUT2D eigenvalue weighted by Crippen LogP contribution is 2.31. The molecule has 0 fully saturated rings. The summed E-state index contributed by atoms with van der Waals surface area (Å²) in [6, 6.07) is 15.4. The topological polar surface area (TPSA) is 67.6 Å². The molecular weight excluding hydrogens is 450 g/mol. The molecule has 1 N–H and O–H groups in total. The van der Waals surface area contributed by atoms with E-state index >= 15 is 0 Å². The second-order valence-corrected chi connectivity index (χ2v) is 9.48. The van der Waals surface area contributed by atoms with E-state index in [1.807, 2.05) is 59.0 Å². The van der Waals surface area contributed by atoms with Crippen molar-refractivity contribution in [3.63, 3.8) is 0 Å². The number of hydrogen-bond donors (Lipinski definition) is 1. The van der Waals surface area contributed by atoms with Crippen LogP contribution in [-0.4, -0.2) is 39.3 Å². The van der Waals surface area contributed by atoms with Crippen LogP contribution in [0.25, 0.3) is 11.3 Å². The molecule has 1 amide bonds. The number of aliphatic hydroxyl groups excluding tert-OH is 1. The summed E-state index contributed by atoms with van der Waals surface area (Å²) >= 11 is 6.05. The summed E-state index contributed by atoms with van der Waals surface area (Å²) in [6.07, 6.45) is 3.37. The molecule has 0 radical (unpaired) electrons. The summed E-state index contributed by atoms with van der Waals surface area (Å²) in [7, 11) is 1.47. The number of aliphatic hydroxyl groups is 1. The number of methoxy groups -OCH3 is 1. The molecule has 1 aromatic heterocycles. The molecule has 34 heavy (non-hydrogen) atoms. The summed E-state index contributed by atoms with van der Waals surface area (Å²) in [5, 5.41) is 15.6. The van der Waals surface area contributed by atoms with Gasteiger partial charge in [0.15, 0.2) is 6.29 Å². The molecule has 0 spiro atoms. The van der Waals surface area contributed by atoms with Gasteiger partial charge in [-0.15, -0.1) is 0 Å². The highest BCUT2D eigenvalue weighted by atomic mass is 35.5. The van der Waals surface area contributed by atoms with E-state index in [-0.39, 0.29) is 11.9 Å². The highest BCUT2D eigenvalue weighted by Gasteiger charge is 2.33. The minimum atomic E-state index is -0.985. The predicted octanol–water partition coefficient (Wildman–Crippen LogP) is 5.93. The van der Waals surface area contributed by atoms with Crippen LogP contribution < -0.4 is 0 Å². The van der Waals surface area contributed by atoms with Crippen LogP contribution >= 0.6 is 11.6 Å². The molecule has 1 aliphatic rings. The van der Waals surface area contributed by atoms with E-state index in [0.717, 1.165) is 48.1 Å². The van der Waals surface area contributed by atoms with Gasteiger partial charge in [-0.25, -0.2) is 0 Å². The van der Waals surface area contributed by atoms with Gasteiger partial charge in [0.05, 0.1) is 11.7 Å². The van der Waals surface area contributed by atoms with Crippen LogP contribution in [0.5, 0.6) is 0 Å². The quantitative estimate of drug-likeness (QED) is 0.304. The molecule has 4 rings (SSSR count). The van der Waals surface area contributed by atoms with Gasteiger partial charge in [-0.1, -0.05) is 67.6 Å². The number of unbranched alkanes of at least 4 members (excludes halogenated alkanes) is 2. The summed E-state index contributed by atoms with van der Waals surface area (Å²) in [5.41, 5.74) is 5.01. The number of carbonyl (C=O) groups is 1. The number of aromatic nitrogens is 2. The van der Waals surface area contributed by atoms with Crippen molar-refractivity contribution in [1.29, 1.82) is 0 Å². The average molecular weight is 482 g/mol. The van der Waals surface area contributed by atoms with Gasteiger partial charge in [-0.3, -0.25) is 9.48 Å². The maximum atomic E-state index is 13.5. The molecular formula is C27H32ClN3O3. The molecule has 7 heteroatoms. The van der Waals surface area contributed by atoms with Gasteiger partial charge in [0.25, 0.3) is 5.91 Å². The lowest BCUT2D eigenvalue weighted by Gasteiger charge is -2.34. The lowest BCUT2D eigenvalue weighted by Crippen LogP contribution is -2.42. The monoisotopic (exact) mass is 481 g/mol. The zero-order valence-corrected chi connectivity index (χ0v) is 20.8.